The summed E-state index contributed by atoms with van der Waals surface area (Å²) < 4.78 is 11.6. The molecule has 2 unspecified atom stereocenters. The summed E-state index contributed by atoms with van der Waals surface area (Å²) in [4.78, 5) is 14.4. The SMILES string of the molecule is CC(CS(=O)Cc1ccncc1Cl)C(=O)O. The van der Waals surface area contributed by atoms with Crippen molar-refractivity contribution in [1.82, 2.24) is 4.98 Å². The number of aromatic nitrogens is 1. The number of carbonyl (C=O) groups is 1. The van der Waals surface area contributed by atoms with Crippen LogP contribution in [0.15, 0.2) is 18.5 Å². The minimum atomic E-state index is -1.23. The first kappa shape index (κ1) is 13.1. The van der Waals surface area contributed by atoms with E-state index in [9.17, 15) is 9.00 Å². The number of halogens is 1. The van der Waals surface area contributed by atoms with Gasteiger partial charge in [-0.05, 0) is 11.6 Å². The topological polar surface area (TPSA) is 67.3 Å². The number of carboxylic acids is 1. The zero-order valence-electron chi connectivity index (χ0n) is 8.72. The fraction of sp³-hybridized carbons (Fsp3) is 0.400. The summed E-state index contributed by atoms with van der Waals surface area (Å²) in [7, 11) is -1.23. The number of pyridine rings is 1. The highest BCUT2D eigenvalue weighted by atomic mass is 35.5. The summed E-state index contributed by atoms with van der Waals surface area (Å²) >= 11 is 5.85. The zero-order valence-corrected chi connectivity index (χ0v) is 10.3. The molecule has 0 fully saturated rings. The summed E-state index contributed by atoms with van der Waals surface area (Å²) in [5, 5.41) is 9.14. The van der Waals surface area contributed by atoms with E-state index >= 15 is 0 Å². The second-order valence-electron chi connectivity index (χ2n) is 3.46. The van der Waals surface area contributed by atoms with Crippen molar-refractivity contribution >= 4 is 28.4 Å². The Hall–Kier alpha value is -0.940. The second kappa shape index (κ2) is 5.96. The van der Waals surface area contributed by atoms with Gasteiger partial charge in [0, 0.05) is 28.9 Å². The molecule has 1 rings (SSSR count). The van der Waals surface area contributed by atoms with Crippen molar-refractivity contribution in [3.8, 4) is 0 Å². The third-order valence-corrected chi connectivity index (χ3v) is 3.88. The minimum absolute atomic E-state index is 0.133. The lowest BCUT2D eigenvalue weighted by atomic mass is 10.2. The molecule has 0 aliphatic heterocycles. The molecule has 16 heavy (non-hydrogen) atoms. The first-order chi connectivity index (χ1) is 7.50. The largest absolute Gasteiger partial charge is 0.481 e. The number of rotatable bonds is 5. The molecule has 0 saturated carbocycles. The molecule has 0 radical (unpaired) electrons. The Morgan fingerprint density at radius 1 is 1.69 bits per heavy atom. The predicted octanol–water partition coefficient (Wildman–Crippen LogP) is 1.70. The van der Waals surface area contributed by atoms with Gasteiger partial charge in [-0.25, -0.2) is 0 Å². The second-order valence-corrected chi connectivity index (χ2v) is 5.37. The van der Waals surface area contributed by atoms with Crippen LogP contribution in [-0.4, -0.2) is 26.0 Å². The number of hydrogen-bond acceptors (Lipinski definition) is 3. The molecule has 0 amide bonds. The highest BCUT2D eigenvalue weighted by molar-refractivity contribution is 7.84. The van der Waals surface area contributed by atoms with E-state index in [1.807, 2.05) is 0 Å². The van der Waals surface area contributed by atoms with Crippen molar-refractivity contribution in [2.24, 2.45) is 5.92 Å². The molecule has 0 aliphatic rings. The normalized spacial score (nSPS) is 14.4. The Morgan fingerprint density at radius 3 is 2.94 bits per heavy atom. The summed E-state index contributed by atoms with van der Waals surface area (Å²) in [6, 6.07) is 1.69. The Kier molecular flexibility index (Phi) is 4.89. The van der Waals surface area contributed by atoms with Crippen LogP contribution in [0.5, 0.6) is 0 Å². The van der Waals surface area contributed by atoms with Gasteiger partial charge < -0.3 is 5.11 Å². The average molecular weight is 262 g/mol. The Morgan fingerprint density at radius 2 is 2.38 bits per heavy atom. The number of carboxylic acid groups (broad SMARTS) is 1. The summed E-state index contributed by atoms with van der Waals surface area (Å²) in [6.07, 6.45) is 3.05. The van der Waals surface area contributed by atoms with Crippen LogP contribution in [0, 0.1) is 5.92 Å². The van der Waals surface area contributed by atoms with Gasteiger partial charge in [-0.2, -0.15) is 0 Å². The van der Waals surface area contributed by atoms with Gasteiger partial charge in [0.1, 0.15) is 0 Å². The Bertz CT molecular complexity index is 411. The van der Waals surface area contributed by atoms with Crippen LogP contribution >= 0.6 is 11.6 Å². The van der Waals surface area contributed by atoms with Crippen molar-refractivity contribution < 1.29 is 14.1 Å². The molecule has 1 N–H and O–H groups in total. The van der Waals surface area contributed by atoms with Gasteiger partial charge in [0.2, 0.25) is 0 Å². The van der Waals surface area contributed by atoms with Gasteiger partial charge in [-0.15, -0.1) is 0 Å². The number of nitrogens with zero attached hydrogens (tertiary/aromatic N) is 1. The molecule has 0 spiro atoms. The molecule has 88 valence electrons. The molecule has 0 bridgehead atoms. The maximum atomic E-state index is 11.6. The predicted molar refractivity (Wildman–Crippen MR) is 62.8 cm³/mol. The average Bonchev–Trinajstić information content (AvgIpc) is 2.21. The Labute approximate surface area is 101 Å². The van der Waals surface area contributed by atoms with E-state index in [4.69, 9.17) is 16.7 Å². The fourth-order valence-corrected chi connectivity index (χ4v) is 2.79. The molecule has 2 atom stereocenters. The van der Waals surface area contributed by atoms with E-state index in [2.05, 4.69) is 4.98 Å². The maximum absolute atomic E-state index is 11.6. The van der Waals surface area contributed by atoms with Crippen LogP contribution in [-0.2, 0) is 21.3 Å². The van der Waals surface area contributed by atoms with Crippen LogP contribution in [0.1, 0.15) is 12.5 Å². The van der Waals surface area contributed by atoms with E-state index in [-0.39, 0.29) is 11.5 Å². The Balaban J connectivity index is 2.59. The van der Waals surface area contributed by atoms with Crippen LogP contribution in [0.3, 0.4) is 0 Å². The molecule has 0 aromatic carbocycles. The van der Waals surface area contributed by atoms with Crippen molar-refractivity contribution in [2.45, 2.75) is 12.7 Å². The van der Waals surface area contributed by atoms with Crippen molar-refractivity contribution in [1.29, 1.82) is 0 Å². The number of aliphatic carboxylic acids is 1. The minimum Gasteiger partial charge on any atom is -0.481 e. The van der Waals surface area contributed by atoms with Gasteiger partial charge in [0.05, 0.1) is 16.7 Å². The van der Waals surface area contributed by atoms with E-state index in [1.165, 1.54) is 13.1 Å². The van der Waals surface area contributed by atoms with Crippen molar-refractivity contribution in [3.05, 3.63) is 29.0 Å². The van der Waals surface area contributed by atoms with E-state index < -0.39 is 22.7 Å². The monoisotopic (exact) mass is 261 g/mol. The van der Waals surface area contributed by atoms with E-state index in [0.29, 0.717) is 5.02 Å². The summed E-state index contributed by atoms with van der Waals surface area (Å²) in [6.45, 7) is 1.54. The molecular weight excluding hydrogens is 250 g/mol. The fourth-order valence-electron chi connectivity index (χ4n) is 1.10. The highest BCUT2D eigenvalue weighted by Crippen LogP contribution is 2.16. The maximum Gasteiger partial charge on any atom is 0.307 e. The third-order valence-electron chi connectivity index (χ3n) is 2.03. The van der Waals surface area contributed by atoms with Crippen LogP contribution < -0.4 is 0 Å². The van der Waals surface area contributed by atoms with Crippen molar-refractivity contribution in [3.63, 3.8) is 0 Å². The first-order valence-electron chi connectivity index (χ1n) is 4.67. The number of hydrogen-bond donors (Lipinski definition) is 1. The van der Waals surface area contributed by atoms with E-state index in [0.717, 1.165) is 5.56 Å². The van der Waals surface area contributed by atoms with Gasteiger partial charge >= 0.3 is 5.97 Å². The van der Waals surface area contributed by atoms with Gasteiger partial charge in [-0.1, -0.05) is 18.5 Å². The molecule has 1 aromatic rings. The van der Waals surface area contributed by atoms with Crippen molar-refractivity contribution in [2.75, 3.05) is 5.75 Å². The van der Waals surface area contributed by atoms with E-state index in [1.54, 1.807) is 12.3 Å². The van der Waals surface area contributed by atoms with Crippen LogP contribution in [0.2, 0.25) is 5.02 Å². The van der Waals surface area contributed by atoms with Crippen LogP contribution in [0.4, 0.5) is 0 Å². The zero-order chi connectivity index (χ0) is 12.1. The van der Waals surface area contributed by atoms with Gasteiger partial charge in [-0.3, -0.25) is 14.0 Å². The highest BCUT2D eigenvalue weighted by Gasteiger charge is 2.15. The van der Waals surface area contributed by atoms with Gasteiger partial charge in [0.25, 0.3) is 0 Å². The lowest BCUT2D eigenvalue weighted by molar-refractivity contribution is -0.140. The lowest BCUT2D eigenvalue weighted by Crippen LogP contribution is -2.18. The summed E-state index contributed by atoms with van der Waals surface area (Å²) in [5.41, 5.74) is 0.729. The molecule has 6 heteroatoms. The quantitative estimate of drug-likeness (QED) is 0.876. The van der Waals surface area contributed by atoms with Gasteiger partial charge in [0.15, 0.2) is 0 Å². The summed E-state index contributed by atoms with van der Waals surface area (Å²) in [5.74, 6) is -1.15. The first-order valence-corrected chi connectivity index (χ1v) is 6.53. The third kappa shape index (κ3) is 3.90. The molecule has 0 saturated heterocycles. The standard InChI is InChI=1S/C10H12ClNO3S/c1-7(10(13)14)5-16(15)6-8-2-3-12-4-9(8)11/h2-4,7H,5-6H2,1H3,(H,13,14). The smallest absolute Gasteiger partial charge is 0.307 e. The molecular formula is C10H12ClNO3S. The molecule has 4 nitrogen and oxygen atoms in total. The van der Waals surface area contributed by atoms with Crippen LogP contribution in [0.25, 0.3) is 0 Å². The molecule has 1 heterocycles. The molecule has 0 aliphatic carbocycles. The lowest BCUT2D eigenvalue weighted by Gasteiger charge is -2.07. The molecule has 1 aromatic heterocycles.